The van der Waals surface area contributed by atoms with Crippen molar-refractivity contribution in [2.24, 2.45) is 0 Å². The Morgan fingerprint density at radius 2 is 1.85 bits per heavy atom. The fraction of sp³-hybridized carbons (Fsp3) is 0.290. The Morgan fingerprint density at radius 3 is 2.59 bits per heavy atom. The molecule has 1 aliphatic rings. The Balaban J connectivity index is 1.56. The Kier molecular flexibility index (Phi) is 6.50. The molecule has 1 aliphatic heterocycles. The number of esters is 1. The number of nitrogens with zero attached hydrogens (tertiary/aromatic N) is 2. The SMILES string of the molecule is Cc1cc(C(C)Nc2ccccc2C(=O)OC(C)(C)C)c2oc(-c3ccc4c(n3)N(C)C(=O)C4)cc(=O)c2c1. The number of benzene rings is 2. The van der Waals surface area contributed by atoms with Gasteiger partial charge in [0, 0.05) is 29.9 Å². The number of pyridine rings is 1. The smallest absolute Gasteiger partial charge is 0.340 e. The van der Waals surface area contributed by atoms with Gasteiger partial charge in [-0.25, -0.2) is 9.78 Å². The number of amides is 1. The molecule has 0 fully saturated rings. The number of hydrogen-bond acceptors (Lipinski definition) is 7. The lowest BCUT2D eigenvalue weighted by atomic mass is 10.0. The van der Waals surface area contributed by atoms with Gasteiger partial charge in [-0.2, -0.15) is 0 Å². The predicted octanol–water partition coefficient (Wildman–Crippen LogP) is 5.81. The number of ether oxygens (including phenoxy) is 1. The molecule has 200 valence electrons. The summed E-state index contributed by atoms with van der Waals surface area (Å²) in [7, 11) is 1.69. The van der Waals surface area contributed by atoms with Crippen LogP contribution in [0.25, 0.3) is 22.4 Å². The van der Waals surface area contributed by atoms with E-state index in [0.717, 1.165) is 16.7 Å². The topological polar surface area (TPSA) is 102 Å². The molecule has 1 atom stereocenters. The van der Waals surface area contributed by atoms with Gasteiger partial charge >= 0.3 is 5.97 Å². The molecule has 0 saturated heterocycles. The summed E-state index contributed by atoms with van der Waals surface area (Å²) in [5, 5.41) is 3.87. The van der Waals surface area contributed by atoms with Gasteiger partial charge in [-0.3, -0.25) is 14.5 Å². The van der Waals surface area contributed by atoms with Crippen LogP contribution in [0.5, 0.6) is 0 Å². The van der Waals surface area contributed by atoms with Crippen LogP contribution in [0, 0.1) is 6.92 Å². The van der Waals surface area contributed by atoms with E-state index < -0.39 is 11.6 Å². The number of rotatable bonds is 5. The molecule has 0 spiro atoms. The highest BCUT2D eigenvalue weighted by Gasteiger charge is 2.27. The molecule has 2 aromatic heterocycles. The quantitative estimate of drug-likeness (QED) is 0.328. The van der Waals surface area contributed by atoms with Gasteiger partial charge in [0.1, 0.15) is 22.7 Å². The molecule has 3 heterocycles. The first-order valence-electron chi connectivity index (χ1n) is 12.9. The van der Waals surface area contributed by atoms with Crippen LogP contribution in [0.15, 0.2) is 63.8 Å². The van der Waals surface area contributed by atoms with Crippen LogP contribution >= 0.6 is 0 Å². The second kappa shape index (κ2) is 9.69. The number of aryl methyl sites for hydroxylation is 1. The van der Waals surface area contributed by atoms with Gasteiger partial charge in [-0.05, 0) is 64.4 Å². The number of hydrogen-bond donors (Lipinski definition) is 1. The third-order valence-electron chi connectivity index (χ3n) is 6.63. The average molecular weight is 526 g/mol. The average Bonchev–Trinajstić information content (AvgIpc) is 3.15. The summed E-state index contributed by atoms with van der Waals surface area (Å²) < 4.78 is 11.9. The van der Waals surface area contributed by atoms with Gasteiger partial charge in [0.2, 0.25) is 5.91 Å². The van der Waals surface area contributed by atoms with Crippen LogP contribution < -0.4 is 15.6 Å². The van der Waals surface area contributed by atoms with E-state index >= 15 is 0 Å². The number of anilines is 2. The lowest BCUT2D eigenvalue weighted by Gasteiger charge is -2.22. The van der Waals surface area contributed by atoms with Crippen molar-refractivity contribution in [1.29, 1.82) is 0 Å². The van der Waals surface area contributed by atoms with Gasteiger partial charge in [-0.1, -0.05) is 24.3 Å². The Bertz CT molecular complexity index is 1680. The molecule has 8 nitrogen and oxygen atoms in total. The van der Waals surface area contributed by atoms with E-state index in [1.807, 2.05) is 58.9 Å². The summed E-state index contributed by atoms with van der Waals surface area (Å²) >= 11 is 0. The van der Waals surface area contributed by atoms with Crippen LogP contribution in [0.3, 0.4) is 0 Å². The van der Waals surface area contributed by atoms with Crippen molar-refractivity contribution in [2.75, 3.05) is 17.3 Å². The maximum absolute atomic E-state index is 13.3. The third-order valence-corrected chi connectivity index (χ3v) is 6.63. The van der Waals surface area contributed by atoms with E-state index in [4.69, 9.17) is 9.15 Å². The Hall–Kier alpha value is -4.46. The highest BCUT2D eigenvalue weighted by Crippen LogP contribution is 2.33. The van der Waals surface area contributed by atoms with E-state index in [-0.39, 0.29) is 17.4 Å². The van der Waals surface area contributed by atoms with Gasteiger partial charge in [0.25, 0.3) is 0 Å². The van der Waals surface area contributed by atoms with E-state index in [2.05, 4.69) is 10.3 Å². The maximum atomic E-state index is 13.3. The van der Waals surface area contributed by atoms with Crippen molar-refractivity contribution < 1.29 is 18.7 Å². The molecule has 39 heavy (non-hydrogen) atoms. The van der Waals surface area contributed by atoms with E-state index in [1.54, 1.807) is 31.3 Å². The second-order valence-corrected chi connectivity index (χ2v) is 10.9. The molecule has 1 N–H and O–H groups in total. The molecule has 0 bridgehead atoms. The molecule has 4 aromatic rings. The molecule has 5 rings (SSSR count). The lowest BCUT2D eigenvalue weighted by molar-refractivity contribution is -0.117. The summed E-state index contributed by atoms with van der Waals surface area (Å²) in [5.74, 6) is 0.429. The van der Waals surface area contributed by atoms with E-state index in [9.17, 15) is 14.4 Å². The molecule has 8 heteroatoms. The first-order chi connectivity index (χ1) is 18.4. The Morgan fingerprint density at radius 1 is 1.10 bits per heavy atom. The second-order valence-electron chi connectivity index (χ2n) is 10.9. The first kappa shape index (κ1) is 26.2. The molecule has 1 unspecified atom stereocenters. The minimum Gasteiger partial charge on any atom is -0.456 e. The maximum Gasteiger partial charge on any atom is 0.340 e. The molecule has 0 radical (unpaired) electrons. The van der Waals surface area contributed by atoms with E-state index in [0.29, 0.717) is 45.9 Å². The largest absolute Gasteiger partial charge is 0.456 e. The third kappa shape index (κ3) is 5.14. The van der Waals surface area contributed by atoms with Gasteiger partial charge in [0.05, 0.1) is 23.4 Å². The summed E-state index contributed by atoms with van der Waals surface area (Å²) in [6.07, 6.45) is 0.304. The minimum atomic E-state index is -0.629. The minimum absolute atomic E-state index is 0.0288. The number of para-hydroxylation sites is 1. The normalized spacial score (nSPS) is 13.9. The van der Waals surface area contributed by atoms with Crippen molar-refractivity contribution in [1.82, 2.24) is 4.98 Å². The van der Waals surface area contributed by atoms with Crippen molar-refractivity contribution in [3.63, 3.8) is 0 Å². The van der Waals surface area contributed by atoms with Crippen LogP contribution in [0.2, 0.25) is 0 Å². The van der Waals surface area contributed by atoms with Crippen molar-refractivity contribution in [3.8, 4) is 11.5 Å². The van der Waals surface area contributed by atoms with Gasteiger partial charge in [-0.15, -0.1) is 0 Å². The lowest BCUT2D eigenvalue weighted by Crippen LogP contribution is -2.24. The standard InChI is InChI=1S/C31H31N3O5/c1-17-13-21(18(2)32-23-10-8-7-9-20(23)30(37)39-31(3,4)5)28-22(14-17)25(35)16-26(38-28)24-12-11-19-15-27(36)34(6)29(19)33-24/h7-14,16,18,32H,15H2,1-6H3. The fourth-order valence-electron chi connectivity index (χ4n) is 4.76. The number of carbonyl (C=O) groups excluding carboxylic acids is 2. The summed E-state index contributed by atoms with van der Waals surface area (Å²) in [6, 6.07) is 15.7. The highest BCUT2D eigenvalue weighted by atomic mass is 16.6. The molecular weight excluding hydrogens is 494 g/mol. The van der Waals surface area contributed by atoms with Crippen LogP contribution in [0.1, 0.15) is 60.8 Å². The zero-order valence-electron chi connectivity index (χ0n) is 22.9. The number of nitrogens with one attached hydrogen (secondary N) is 1. The van der Waals surface area contributed by atoms with Crippen LogP contribution in [0.4, 0.5) is 11.5 Å². The number of carbonyl (C=O) groups is 2. The molecule has 0 aliphatic carbocycles. The number of fused-ring (bicyclic) bond motifs is 2. The van der Waals surface area contributed by atoms with Crippen molar-refractivity contribution in [2.45, 2.75) is 52.7 Å². The summed E-state index contributed by atoms with van der Waals surface area (Å²) in [4.78, 5) is 44.4. The predicted molar refractivity (Wildman–Crippen MR) is 151 cm³/mol. The fourth-order valence-corrected chi connectivity index (χ4v) is 4.76. The van der Waals surface area contributed by atoms with E-state index in [1.165, 1.54) is 11.0 Å². The zero-order valence-corrected chi connectivity index (χ0v) is 22.9. The van der Waals surface area contributed by atoms with Gasteiger partial charge < -0.3 is 14.5 Å². The molecule has 1 amide bonds. The van der Waals surface area contributed by atoms with Gasteiger partial charge in [0.15, 0.2) is 11.2 Å². The van der Waals surface area contributed by atoms with Crippen molar-refractivity contribution >= 4 is 34.4 Å². The van der Waals surface area contributed by atoms with Crippen molar-refractivity contribution in [3.05, 3.63) is 87.1 Å². The Labute approximate surface area is 226 Å². The molecule has 0 saturated carbocycles. The van der Waals surface area contributed by atoms with Crippen LogP contribution in [-0.2, 0) is 16.0 Å². The van der Waals surface area contributed by atoms with Crippen LogP contribution in [-0.4, -0.2) is 29.5 Å². The zero-order chi connectivity index (χ0) is 28.1. The monoisotopic (exact) mass is 525 g/mol. The highest BCUT2D eigenvalue weighted by molar-refractivity contribution is 6.00. The summed E-state index contributed by atoms with van der Waals surface area (Å²) in [6.45, 7) is 9.35. The number of aromatic nitrogens is 1. The molecular formula is C31H31N3O5. The molecule has 2 aromatic carbocycles. The first-order valence-corrected chi connectivity index (χ1v) is 12.9. The summed E-state index contributed by atoms with van der Waals surface area (Å²) in [5.41, 5.74) is 3.62. The number of likely N-dealkylation sites (N-methyl/N-ethyl adjacent to an activating group) is 1.